The Kier molecular flexibility index (Phi) is 13.0. The van der Waals surface area contributed by atoms with Crippen LogP contribution in [0.1, 0.15) is 76.0 Å². The third-order valence-corrected chi connectivity index (χ3v) is 4.07. The van der Waals surface area contributed by atoms with Gasteiger partial charge in [0.2, 0.25) is 0 Å². The van der Waals surface area contributed by atoms with Gasteiger partial charge in [-0.25, -0.2) is 30.2 Å². The van der Waals surface area contributed by atoms with Crippen molar-refractivity contribution >= 4 is 0 Å². The summed E-state index contributed by atoms with van der Waals surface area (Å²) in [7, 11) is 0. The van der Waals surface area contributed by atoms with E-state index in [-0.39, 0.29) is 35.6 Å². The van der Waals surface area contributed by atoms with Crippen LogP contribution < -0.4 is 0 Å². The standard InChI is InChI=1S/3C8H11.La/c3*1-7(2)8-5-3-4-6-8;/h3*3-7H,1-2H3;/q-5;2*-1;. The molecule has 0 fully saturated rings. The summed E-state index contributed by atoms with van der Waals surface area (Å²) in [5.74, 6) is 2.06. The van der Waals surface area contributed by atoms with Gasteiger partial charge in [-0.3, -0.25) is 0 Å². The SMILES string of the molecule is CC(C)[c-]1[cH-][cH-][cH-][cH-]1.CC(C)[c-]1cccc1.CC(C)[c-]1cccc1.[La]. The maximum absolute atomic E-state index is 2.20. The quantitative estimate of drug-likeness (QED) is 0.353. The smallest absolute Gasteiger partial charge is 0 e. The van der Waals surface area contributed by atoms with Crippen LogP contribution in [0.15, 0.2) is 72.8 Å². The summed E-state index contributed by atoms with van der Waals surface area (Å²) in [4.78, 5) is 0. The average molecular weight is 460 g/mol. The van der Waals surface area contributed by atoms with Gasteiger partial charge >= 0.3 is 0 Å². The Morgan fingerprint density at radius 2 is 0.880 bits per heavy atom. The number of hydrogen-bond acceptors (Lipinski definition) is 0. The van der Waals surface area contributed by atoms with Gasteiger partial charge in [0.05, 0.1) is 0 Å². The Labute approximate surface area is 183 Å². The second-order valence-corrected chi connectivity index (χ2v) is 7.12. The summed E-state index contributed by atoms with van der Waals surface area (Å²) < 4.78 is 0. The van der Waals surface area contributed by atoms with Crippen LogP contribution in [0.4, 0.5) is 0 Å². The Balaban J connectivity index is 0.000000339. The predicted octanol–water partition coefficient (Wildman–Crippen LogP) is 7.59. The van der Waals surface area contributed by atoms with E-state index in [2.05, 4.69) is 114 Å². The molecule has 0 saturated carbocycles. The zero-order chi connectivity index (χ0) is 17.9. The van der Waals surface area contributed by atoms with Gasteiger partial charge in [0.1, 0.15) is 0 Å². The van der Waals surface area contributed by atoms with Crippen LogP contribution >= 0.6 is 0 Å². The molecular formula is C24H33La-7. The van der Waals surface area contributed by atoms with E-state index in [1.165, 1.54) is 16.7 Å². The second kappa shape index (κ2) is 13.4. The molecule has 0 aliphatic rings. The van der Waals surface area contributed by atoms with E-state index < -0.39 is 0 Å². The van der Waals surface area contributed by atoms with Crippen LogP contribution in [-0.2, 0) is 0 Å². The van der Waals surface area contributed by atoms with E-state index in [1.807, 2.05) is 0 Å². The van der Waals surface area contributed by atoms with Crippen molar-refractivity contribution in [2.75, 3.05) is 0 Å². The molecule has 0 heterocycles. The van der Waals surface area contributed by atoms with Crippen LogP contribution in [0.25, 0.3) is 0 Å². The molecule has 0 bridgehead atoms. The van der Waals surface area contributed by atoms with Crippen LogP contribution in [0.3, 0.4) is 0 Å². The van der Waals surface area contributed by atoms with Crippen molar-refractivity contribution in [2.24, 2.45) is 0 Å². The fraction of sp³-hybridized carbons (Fsp3) is 0.375. The summed E-state index contributed by atoms with van der Waals surface area (Å²) in [5, 5.41) is 0. The first-order valence-corrected chi connectivity index (χ1v) is 9.06. The Hall–Kier alpha value is -0.755. The number of hydrogen-bond donors (Lipinski definition) is 0. The molecule has 1 radical (unpaired) electrons. The molecular weight excluding hydrogens is 427 g/mol. The van der Waals surface area contributed by atoms with E-state index in [0.717, 1.165) is 0 Å². The molecule has 0 aliphatic carbocycles. The van der Waals surface area contributed by atoms with Crippen molar-refractivity contribution in [3.63, 3.8) is 0 Å². The molecule has 25 heavy (non-hydrogen) atoms. The maximum atomic E-state index is 2.20. The van der Waals surface area contributed by atoms with Crippen LogP contribution in [0.2, 0.25) is 0 Å². The Bertz CT molecular complexity index is 502. The van der Waals surface area contributed by atoms with Crippen molar-refractivity contribution in [3.05, 3.63) is 89.5 Å². The fourth-order valence-corrected chi connectivity index (χ4v) is 2.32. The third-order valence-electron chi connectivity index (χ3n) is 4.07. The van der Waals surface area contributed by atoms with E-state index >= 15 is 0 Å². The van der Waals surface area contributed by atoms with Gasteiger partial charge in [-0.15, -0.1) is 0 Å². The normalized spacial score (nSPS) is 9.96. The van der Waals surface area contributed by atoms with E-state index in [9.17, 15) is 0 Å². The van der Waals surface area contributed by atoms with E-state index in [1.54, 1.807) is 0 Å². The van der Waals surface area contributed by atoms with Gasteiger partial charge in [0.15, 0.2) is 0 Å². The van der Waals surface area contributed by atoms with Crippen molar-refractivity contribution in [1.82, 2.24) is 0 Å². The molecule has 139 valence electrons. The Morgan fingerprint density at radius 1 is 0.560 bits per heavy atom. The van der Waals surface area contributed by atoms with Crippen LogP contribution in [-0.4, -0.2) is 0 Å². The molecule has 3 aromatic carbocycles. The molecule has 3 rings (SSSR count). The first kappa shape index (κ1) is 24.2. The summed E-state index contributed by atoms with van der Waals surface area (Å²) in [6.07, 6.45) is 0. The minimum Gasteiger partial charge on any atom is -0.748 e. The Morgan fingerprint density at radius 3 is 1.04 bits per heavy atom. The molecule has 0 aliphatic heterocycles. The van der Waals surface area contributed by atoms with Crippen molar-refractivity contribution in [2.45, 2.75) is 59.3 Å². The molecule has 0 N–H and O–H groups in total. The van der Waals surface area contributed by atoms with Crippen molar-refractivity contribution in [3.8, 4) is 0 Å². The van der Waals surface area contributed by atoms with Gasteiger partial charge in [-0.2, -0.15) is 35.4 Å². The van der Waals surface area contributed by atoms with Gasteiger partial charge in [-0.05, 0) is 0 Å². The summed E-state index contributed by atoms with van der Waals surface area (Å²) in [6.45, 7) is 13.2. The first-order chi connectivity index (χ1) is 11.4. The molecule has 3 aromatic rings. The third kappa shape index (κ3) is 10.1. The zero-order valence-electron chi connectivity index (χ0n) is 16.7. The average Bonchev–Trinajstić information content (AvgIpc) is 3.29. The first-order valence-electron chi connectivity index (χ1n) is 9.06. The topological polar surface area (TPSA) is 0 Å². The molecule has 0 atom stereocenters. The van der Waals surface area contributed by atoms with Gasteiger partial charge in [0.25, 0.3) is 0 Å². The second-order valence-electron chi connectivity index (χ2n) is 7.12. The van der Waals surface area contributed by atoms with Crippen LogP contribution in [0.5, 0.6) is 0 Å². The van der Waals surface area contributed by atoms with E-state index in [0.29, 0.717) is 17.8 Å². The fourth-order valence-electron chi connectivity index (χ4n) is 2.32. The molecule has 0 aromatic heterocycles. The molecule has 0 spiro atoms. The van der Waals surface area contributed by atoms with Crippen molar-refractivity contribution < 1.29 is 35.6 Å². The van der Waals surface area contributed by atoms with Gasteiger partial charge in [0, 0.05) is 35.6 Å². The predicted molar refractivity (Wildman–Crippen MR) is 108 cm³/mol. The largest absolute Gasteiger partial charge is 0.748 e. The maximum Gasteiger partial charge on any atom is 0 e. The van der Waals surface area contributed by atoms with E-state index in [4.69, 9.17) is 0 Å². The van der Waals surface area contributed by atoms with Crippen LogP contribution in [0, 0.1) is 35.6 Å². The molecule has 0 amide bonds. The summed E-state index contributed by atoms with van der Waals surface area (Å²) in [6, 6.07) is 25.4. The monoisotopic (exact) mass is 460 g/mol. The minimum atomic E-state index is 0. The number of rotatable bonds is 3. The summed E-state index contributed by atoms with van der Waals surface area (Å²) >= 11 is 0. The zero-order valence-corrected chi connectivity index (χ0v) is 20.4. The molecule has 0 unspecified atom stereocenters. The molecule has 0 saturated heterocycles. The van der Waals surface area contributed by atoms with Gasteiger partial charge < -0.3 is 29.8 Å². The molecule has 1 heteroatoms. The minimum absolute atomic E-state index is 0. The molecule has 0 nitrogen and oxygen atoms in total. The summed E-state index contributed by atoms with van der Waals surface area (Å²) in [5.41, 5.74) is 4.31. The van der Waals surface area contributed by atoms with Gasteiger partial charge in [-0.1, -0.05) is 53.4 Å². The van der Waals surface area contributed by atoms with Crippen molar-refractivity contribution in [1.29, 1.82) is 0 Å².